The Bertz CT molecular complexity index is 841. The maximum absolute atomic E-state index is 12.9. The van der Waals surface area contributed by atoms with Gasteiger partial charge in [0.05, 0.1) is 11.9 Å². The van der Waals surface area contributed by atoms with Gasteiger partial charge in [-0.05, 0) is 44.1 Å². The molecule has 4 rings (SSSR count). The quantitative estimate of drug-likeness (QED) is 0.713. The zero-order chi connectivity index (χ0) is 20.4. The molecule has 2 heterocycles. The van der Waals surface area contributed by atoms with Gasteiger partial charge in [0, 0.05) is 51.9 Å². The summed E-state index contributed by atoms with van der Waals surface area (Å²) in [7, 11) is 6.01. The lowest BCUT2D eigenvalue weighted by Gasteiger charge is -2.37. The number of carbonyl (C=O) groups is 1. The third-order valence-corrected chi connectivity index (χ3v) is 5.85. The molecule has 29 heavy (non-hydrogen) atoms. The number of aromatic nitrogens is 2. The molecule has 2 atom stereocenters. The Hall–Kier alpha value is -2.54. The molecule has 1 saturated heterocycles. The van der Waals surface area contributed by atoms with E-state index in [-0.39, 0.29) is 5.92 Å². The number of amides is 1. The Kier molecular flexibility index (Phi) is 5.76. The predicted octanol–water partition coefficient (Wildman–Crippen LogP) is 1.81. The van der Waals surface area contributed by atoms with E-state index in [1.807, 2.05) is 61.3 Å². The van der Waals surface area contributed by atoms with Gasteiger partial charge < -0.3 is 19.4 Å². The maximum Gasteiger partial charge on any atom is 0.226 e. The number of piperazine rings is 1. The molecule has 1 aliphatic heterocycles. The molecule has 0 radical (unpaired) electrons. The van der Waals surface area contributed by atoms with Crippen LogP contribution in [0.5, 0.6) is 5.75 Å². The van der Waals surface area contributed by atoms with Crippen LogP contribution in [0, 0.1) is 5.92 Å². The van der Waals surface area contributed by atoms with Crippen molar-refractivity contribution in [2.24, 2.45) is 13.0 Å². The van der Waals surface area contributed by atoms with Crippen LogP contribution in [-0.2, 0) is 11.8 Å². The minimum atomic E-state index is 0.132. The van der Waals surface area contributed by atoms with E-state index in [1.165, 1.54) is 5.56 Å². The van der Waals surface area contributed by atoms with Gasteiger partial charge in [-0.3, -0.25) is 9.48 Å². The lowest BCUT2D eigenvalue weighted by molar-refractivity contribution is -0.132. The number of carbonyl (C=O) groups excluding carboxylic acids is 1. The van der Waals surface area contributed by atoms with E-state index in [0.717, 1.165) is 50.6 Å². The van der Waals surface area contributed by atoms with Crippen LogP contribution in [0.3, 0.4) is 0 Å². The summed E-state index contributed by atoms with van der Waals surface area (Å²) in [6, 6.07) is 8.21. The number of nitrogens with zero attached hydrogens (tertiary/aromatic N) is 5. The lowest BCUT2D eigenvalue weighted by Crippen LogP contribution is -2.49. The lowest BCUT2D eigenvalue weighted by atomic mass is 10.1. The molecule has 7 nitrogen and oxygen atoms in total. The molecule has 7 heteroatoms. The highest BCUT2D eigenvalue weighted by Gasteiger charge is 2.46. The minimum absolute atomic E-state index is 0.132. The zero-order valence-electron chi connectivity index (χ0n) is 17.6. The highest BCUT2D eigenvalue weighted by molar-refractivity contribution is 5.83. The Balaban J connectivity index is 1.31. The first-order chi connectivity index (χ1) is 14.0. The molecule has 1 saturated carbocycles. The first kappa shape index (κ1) is 19.8. The number of benzene rings is 1. The fraction of sp³-hybridized carbons (Fsp3) is 0.545. The third-order valence-electron chi connectivity index (χ3n) is 5.85. The number of rotatable bonds is 7. The van der Waals surface area contributed by atoms with E-state index < -0.39 is 0 Å². The topological polar surface area (TPSA) is 53.8 Å². The zero-order valence-corrected chi connectivity index (χ0v) is 17.6. The van der Waals surface area contributed by atoms with E-state index >= 15 is 0 Å². The Morgan fingerprint density at radius 2 is 1.97 bits per heavy atom. The summed E-state index contributed by atoms with van der Waals surface area (Å²) in [5.74, 6) is 1.70. The van der Waals surface area contributed by atoms with Gasteiger partial charge in [-0.25, -0.2) is 0 Å². The summed E-state index contributed by atoms with van der Waals surface area (Å²) in [5.41, 5.74) is 2.31. The Morgan fingerprint density at radius 1 is 1.21 bits per heavy atom. The smallest absolute Gasteiger partial charge is 0.226 e. The molecular formula is C22H31N5O2. The molecule has 2 aliphatic rings. The maximum atomic E-state index is 12.9. The van der Waals surface area contributed by atoms with Gasteiger partial charge in [0.2, 0.25) is 5.91 Å². The number of likely N-dealkylation sites (N-methyl/N-ethyl adjacent to an activating group) is 1. The van der Waals surface area contributed by atoms with Crippen molar-refractivity contribution in [2.45, 2.75) is 12.3 Å². The van der Waals surface area contributed by atoms with Crippen molar-refractivity contribution in [1.29, 1.82) is 0 Å². The van der Waals surface area contributed by atoms with E-state index in [1.54, 1.807) is 0 Å². The second kappa shape index (κ2) is 8.45. The number of aryl methyl sites for hydroxylation is 1. The predicted molar refractivity (Wildman–Crippen MR) is 113 cm³/mol. The van der Waals surface area contributed by atoms with Gasteiger partial charge in [0.15, 0.2) is 0 Å². The molecule has 1 aliphatic carbocycles. The van der Waals surface area contributed by atoms with Gasteiger partial charge in [0.25, 0.3) is 0 Å². The van der Waals surface area contributed by atoms with Crippen LogP contribution in [0.2, 0.25) is 0 Å². The van der Waals surface area contributed by atoms with Crippen molar-refractivity contribution in [3.05, 3.63) is 42.2 Å². The number of para-hydroxylation sites is 2. The normalized spacial score (nSPS) is 21.5. The average Bonchev–Trinajstić information content (AvgIpc) is 3.41. The first-order valence-electron chi connectivity index (χ1n) is 10.4. The van der Waals surface area contributed by atoms with Crippen molar-refractivity contribution in [3.8, 4) is 5.75 Å². The number of hydrogen-bond acceptors (Lipinski definition) is 5. The molecule has 0 N–H and O–H groups in total. The molecular weight excluding hydrogens is 366 g/mol. The van der Waals surface area contributed by atoms with Crippen molar-refractivity contribution < 1.29 is 9.53 Å². The molecule has 0 spiro atoms. The number of hydrogen-bond donors (Lipinski definition) is 0. The summed E-state index contributed by atoms with van der Waals surface area (Å²) in [6.07, 6.45) is 4.87. The molecule has 156 valence electrons. The van der Waals surface area contributed by atoms with Crippen LogP contribution in [0.4, 0.5) is 5.69 Å². The Morgan fingerprint density at radius 3 is 2.66 bits per heavy atom. The van der Waals surface area contributed by atoms with Crippen LogP contribution >= 0.6 is 0 Å². The van der Waals surface area contributed by atoms with Crippen molar-refractivity contribution in [3.63, 3.8) is 0 Å². The standard InChI is InChI=1S/C22H31N5O2/c1-24(2)12-13-29-21-7-5-4-6-20(21)26-8-10-27(11-9-26)22(28)19-14-18(19)17-15-23-25(3)16-17/h4-7,15-16,18-19H,8-14H2,1-3H3/t18-,19-/m0/s1. The second-order valence-corrected chi connectivity index (χ2v) is 8.33. The SMILES string of the molecule is CN(C)CCOc1ccccc1N1CCN(C(=O)[C@H]2C[C@H]2c2cnn(C)c2)CC1. The highest BCUT2D eigenvalue weighted by atomic mass is 16.5. The number of anilines is 1. The van der Waals surface area contributed by atoms with Gasteiger partial charge in [-0.1, -0.05) is 12.1 Å². The fourth-order valence-electron chi connectivity index (χ4n) is 4.05. The van der Waals surface area contributed by atoms with E-state index in [0.29, 0.717) is 18.4 Å². The molecule has 1 amide bonds. The van der Waals surface area contributed by atoms with E-state index in [4.69, 9.17) is 4.74 Å². The molecule has 2 aromatic rings. The van der Waals surface area contributed by atoms with Gasteiger partial charge in [0.1, 0.15) is 12.4 Å². The molecule has 0 bridgehead atoms. The van der Waals surface area contributed by atoms with Crippen molar-refractivity contribution >= 4 is 11.6 Å². The number of ether oxygens (including phenoxy) is 1. The van der Waals surface area contributed by atoms with Crippen LogP contribution in [0.1, 0.15) is 17.9 Å². The molecule has 0 unspecified atom stereocenters. The molecule has 2 fully saturated rings. The first-order valence-corrected chi connectivity index (χ1v) is 10.4. The van der Waals surface area contributed by atoms with Crippen molar-refractivity contribution in [2.75, 3.05) is 58.3 Å². The monoisotopic (exact) mass is 397 g/mol. The molecule has 1 aromatic carbocycles. The molecule has 1 aromatic heterocycles. The van der Waals surface area contributed by atoms with Crippen molar-refractivity contribution in [1.82, 2.24) is 19.6 Å². The summed E-state index contributed by atoms with van der Waals surface area (Å²) in [4.78, 5) is 19.4. The average molecular weight is 398 g/mol. The second-order valence-electron chi connectivity index (χ2n) is 8.33. The minimum Gasteiger partial charge on any atom is -0.490 e. The summed E-state index contributed by atoms with van der Waals surface area (Å²) in [5, 5.41) is 4.24. The summed E-state index contributed by atoms with van der Waals surface area (Å²) in [6.45, 7) is 4.76. The van der Waals surface area contributed by atoms with Crippen LogP contribution in [0.15, 0.2) is 36.7 Å². The third kappa shape index (κ3) is 4.56. The summed E-state index contributed by atoms with van der Waals surface area (Å²) >= 11 is 0. The van der Waals surface area contributed by atoms with E-state index in [2.05, 4.69) is 21.0 Å². The Labute approximate surface area is 172 Å². The van der Waals surface area contributed by atoms with E-state index in [9.17, 15) is 4.79 Å². The van der Waals surface area contributed by atoms with Gasteiger partial charge in [-0.2, -0.15) is 5.10 Å². The summed E-state index contributed by atoms with van der Waals surface area (Å²) < 4.78 is 7.83. The van der Waals surface area contributed by atoms with Gasteiger partial charge >= 0.3 is 0 Å². The largest absolute Gasteiger partial charge is 0.490 e. The van der Waals surface area contributed by atoms with Crippen LogP contribution in [-0.4, -0.2) is 78.9 Å². The fourth-order valence-corrected chi connectivity index (χ4v) is 4.05. The van der Waals surface area contributed by atoms with Gasteiger partial charge in [-0.15, -0.1) is 0 Å². The van der Waals surface area contributed by atoms with Crippen LogP contribution in [0.25, 0.3) is 0 Å². The highest BCUT2D eigenvalue weighted by Crippen LogP contribution is 2.48. The van der Waals surface area contributed by atoms with Crippen LogP contribution < -0.4 is 9.64 Å².